The zero-order chi connectivity index (χ0) is 20.1. The van der Waals surface area contributed by atoms with Crippen molar-refractivity contribution in [3.8, 4) is 0 Å². The van der Waals surface area contributed by atoms with Gasteiger partial charge in [-0.1, -0.05) is 106 Å². The Kier molecular flexibility index (Phi) is 13.4. The van der Waals surface area contributed by atoms with E-state index < -0.39 is 16.1 Å². The second kappa shape index (κ2) is 11.6. The molecule has 0 spiro atoms. The molecule has 2 rings (SSSR count). The number of aryl methyl sites for hydroxylation is 1. The van der Waals surface area contributed by atoms with Crippen LogP contribution in [-0.4, -0.2) is 16.1 Å². The van der Waals surface area contributed by atoms with E-state index in [4.69, 9.17) is 0 Å². The maximum Gasteiger partial charge on any atom is 4.00 e. The fourth-order valence-corrected chi connectivity index (χ4v) is 11.5. The molecule has 3 heteroatoms. The normalized spacial score (nSPS) is 21.2. The number of hydrogen-bond donors (Lipinski definition) is 0. The Morgan fingerprint density at radius 3 is 1.73 bits per heavy atom. The van der Waals surface area contributed by atoms with Crippen LogP contribution in [0.25, 0.3) is 0 Å². The molecule has 1 aromatic carbocycles. The molecule has 0 saturated heterocycles. The molecule has 0 aromatic heterocycles. The van der Waals surface area contributed by atoms with Crippen LogP contribution in [0.15, 0.2) is 34.9 Å². The Hall–Kier alpha value is -0.152. The largest absolute Gasteiger partial charge is 4.00 e. The predicted octanol–water partition coefficient (Wildman–Crippen LogP) is 7.83. The molecule has 0 aliphatic heterocycles. The summed E-state index contributed by atoms with van der Waals surface area (Å²) in [6.07, 6.45) is 5.22. The van der Waals surface area contributed by atoms with E-state index in [0.717, 1.165) is 0 Å². The molecule has 0 heterocycles. The maximum absolute atomic E-state index is 3.98. The van der Waals surface area contributed by atoms with Crippen LogP contribution in [0.4, 0.5) is 0 Å². The third-order valence-corrected chi connectivity index (χ3v) is 16.0. The van der Waals surface area contributed by atoms with Gasteiger partial charge in [-0.25, -0.2) is 5.57 Å². The summed E-state index contributed by atoms with van der Waals surface area (Å²) >= 11 is 0. The third kappa shape index (κ3) is 5.60. The first-order chi connectivity index (χ1) is 11.8. The van der Waals surface area contributed by atoms with Crippen LogP contribution in [0.3, 0.4) is 0 Å². The van der Waals surface area contributed by atoms with Gasteiger partial charge >= 0.3 is 21.7 Å². The van der Waals surface area contributed by atoms with Gasteiger partial charge in [0.05, 0.1) is 16.1 Å². The Labute approximate surface area is 207 Å². The van der Waals surface area contributed by atoms with Gasteiger partial charge in [-0.2, -0.15) is 11.1 Å². The number of allylic oxidation sites excluding steroid dienone is 4. The van der Waals surface area contributed by atoms with E-state index in [2.05, 4.69) is 98.9 Å². The number of rotatable bonds is 5. The van der Waals surface area contributed by atoms with Gasteiger partial charge in [0.1, 0.15) is 0 Å². The first-order valence-electron chi connectivity index (χ1n) is 10.2. The molecule has 0 fully saturated rings. The van der Waals surface area contributed by atoms with Gasteiger partial charge in [-0.3, -0.25) is 6.08 Å². The SMILES string of the molecule is CCC(C)[Si](C)(c1cc(C)cc([Si](C)(C)C)c1)C1(C)[C-]=C(C)C(C)=C1C.[CH3-].[CH3-].[CH3-].[Ti+4]. The summed E-state index contributed by atoms with van der Waals surface area (Å²) in [5, 5.41) is 3.33. The average molecular weight is 477 g/mol. The van der Waals surface area contributed by atoms with Gasteiger partial charge in [0.25, 0.3) is 0 Å². The molecule has 0 N–H and O–H groups in total. The van der Waals surface area contributed by atoms with E-state index in [1.807, 2.05) is 0 Å². The van der Waals surface area contributed by atoms with E-state index in [-0.39, 0.29) is 49.0 Å². The van der Waals surface area contributed by atoms with Crippen molar-refractivity contribution >= 4 is 26.5 Å². The molecule has 168 valence electrons. The van der Waals surface area contributed by atoms with Crippen molar-refractivity contribution in [1.29, 1.82) is 0 Å². The van der Waals surface area contributed by atoms with Crippen molar-refractivity contribution in [3.63, 3.8) is 0 Å². The summed E-state index contributed by atoms with van der Waals surface area (Å²) in [5.41, 5.74) is 6.53. The Morgan fingerprint density at radius 2 is 1.37 bits per heavy atom. The minimum absolute atomic E-state index is 0. The Morgan fingerprint density at radius 1 is 0.900 bits per heavy atom. The minimum atomic E-state index is -1.88. The van der Waals surface area contributed by atoms with Gasteiger partial charge in [0, 0.05) is 0 Å². The average Bonchev–Trinajstić information content (AvgIpc) is 2.76. The summed E-state index contributed by atoms with van der Waals surface area (Å²) < 4.78 is 0. The van der Waals surface area contributed by atoms with Gasteiger partial charge in [0.2, 0.25) is 0 Å². The van der Waals surface area contributed by atoms with Crippen LogP contribution in [-0.2, 0) is 21.7 Å². The van der Waals surface area contributed by atoms with Gasteiger partial charge < -0.3 is 22.3 Å². The van der Waals surface area contributed by atoms with Crippen molar-refractivity contribution in [2.45, 2.75) is 91.7 Å². The zero-order valence-corrected chi connectivity index (χ0v) is 26.1. The maximum atomic E-state index is 3.98. The van der Waals surface area contributed by atoms with Crippen LogP contribution < -0.4 is 10.4 Å². The Balaban J connectivity index is -0.00000182. The van der Waals surface area contributed by atoms with Crippen molar-refractivity contribution in [2.75, 3.05) is 0 Å². The zero-order valence-electron chi connectivity index (χ0n) is 22.5. The molecule has 1 aliphatic rings. The van der Waals surface area contributed by atoms with Crippen LogP contribution in [0, 0.1) is 35.3 Å². The first-order valence-corrected chi connectivity index (χ1v) is 16.3. The molecular formula is C27H48Si2Ti. The number of hydrogen-bond acceptors (Lipinski definition) is 0. The number of benzene rings is 1. The topological polar surface area (TPSA) is 0 Å². The summed E-state index contributed by atoms with van der Waals surface area (Å²) in [7, 11) is -3.22. The second-order valence-corrected chi connectivity index (χ2v) is 20.0. The molecule has 30 heavy (non-hydrogen) atoms. The Bertz CT molecular complexity index is 770. The molecule has 0 amide bonds. The van der Waals surface area contributed by atoms with Gasteiger partial charge in [-0.15, -0.1) is 6.92 Å². The van der Waals surface area contributed by atoms with Crippen molar-refractivity contribution in [3.05, 3.63) is 68.8 Å². The summed E-state index contributed by atoms with van der Waals surface area (Å²) in [6.45, 7) is 26.6. The molecule has 0 radical (unpaired) electrons. The van der Waals surface area contributed by atoms with Crippen molar-refractivity contribution < 1.29 is 21.7 Å². The van der Waals surface area contributed by atoms with Gasteiger partial charge in [-0.05, 0) is 12.5 Å². The molecule has 0 saturated carbocycles. The predicted molar refractivity (Wildman–Crippen MR) is 144 cm³/mol. The molecule has 1 aliphatic carbocycles. The van der Waals surface area contributed by atoms with Crippen molar-refractivity contribution in [1.82, 2.24) is 0 Å². The van der Waals surface area contributed by atoms with E-state index in [9.17, 15) is 0 Å². The minimum Gasteiger partial charge on any atom is -0.358 e. The molecule has 0 bridgehead atoms. The smallest absolute Gasteiger partial charge is 0.358 e. The fraction of sp³-hybridized carbons (Fsp3) is 0.519. The molecule has 3 atom stereocenters. The second-order valence-electron chi connectivity index (χ2n) is 9.97. The van der Waals surface area contributed by atoms with Crippen molar-refractivity contribution in [2.24, 2.45) is 0 Å². The summed E-state index contributed by atoms with van der Waals surface area (Å²) in [6, 6.07) is 7.54. The summed E-state index contributed by atoms with van der Waals surface area (Å²) in [5.74, 6) is 0. The van der Waals surface area contributed by atoms with E-state index in [1.165, 1.54) is 23.1 Å². The molecule has 0 nitrogen and oxygen atoms in total. The molecular weight excluding hydrogens is 428 g/mol. The van der Waals surface area contributed by atoms with Crippen LogP contribution in [0.1, 0.15) is 53.5 Å². The monoisotopic (exact) mass is 476 g/mol. The van der Waals surface area contributed by atoms with Crippen LogP contribution in [0.5, 0.6) is 0 Å². The molecule has 1 aromatic rings. The first kappa shape index (κ1) is 34.5. The summed E-state index contributed by atoms with van der Waals surface area (Å²) in [4.78, 5) is 0. The van der Waals surface area contributed by atoms with E-state index in [1.54, 1.807) is 15.9 Å². The quantitative estimate of drug-likeness (QED) is 0.300. The van der Waals surface area contributed by atoms with Gasteiger partial charge in [0.15, 0.2) is 0 Å². The van der Waals surface area contributed by atoms with Crippen LogP contribution in [0.2, 0.25) is 36.8 Å². The molecule has 3 unspecified atom stereocenters. The standard InChI is InChI=1S/C24H39Si2.3CH3.Ti/c1-12-19(4)26(11,24(7)16-18(3)20(5)21(24)6)23-14-17(2)13-22(15-23)25(8,9)10;;;;/h13-15,19H,12H2,1-11H3;3*1H3;/q4*-1;+4. The third-order valence-electron chi connectivity index (χ3n) is 7.49. The van der Waals surface area contributed by atoms with Crippen LogP contribution >= 0.6 is 0 Å². The van der Waals surface area contributed by atoms with E-state index in [0.29, 0.717) is 5.54 Å². The van der Waals surface area contributed by atoms with E-state index >= 15 is 0 Å². The fourth-order valence-electron chi connectivity index (χ4n) is 4.73.